The van der Waals surface area contributed by atoms with Crippen molar-refractivity contribution >= 4 is 42.4 Å². The van der Waals surface area contributed by atoms with Crippen LogP contribution in [0.3, 0.4) is 0 Å². The maximum Gasteiger partial charge on any atom is 0.233 e. The van der Waals surface area contributed by atoms with E-state index >= 15 is 0 Å². The molecule has 0 aliphatic rings. The van der Waals surface area contributed by atoms with Gasteiger partial charge in [-0.1, -0.05) is 30.4 Å². The van der Waals surface area contributed by atoms with Gasteiger partial charge in [-0.05, 0) is 47.9 Å². The molecule has 0 aliphatic carbocycles. The number of rotatable bonds is 7. The molecule has 1 amide bonds. The van der Waals surface area contributed by atoms with Crippen LogP contribution in [0.25, 0.3) is 10.2 Å². The lowest BCUT2D eigenvalue weighted by Crippen LogP contribution is -2.18. The predicted molar refractivity (Wildman–Crippen MR) is 113 cm³/mol. The standard InChI is InChI=1S/C20H22N2O5S2/c1-3-29(26,27)16-6-4-13(5-7-16)12(2)19(25)22-20-21-17-8-14(10-23)15(11-24)9-18(17)28-20/h4-9,12,23-24H,3,10-11H2,1-2H3,(H,21,22,25). The molecule has 1 atom stereocenters. The number of hydrogen-bond donors (Lipinski definition) is 3. The molecule has 1 unspecified atom stereocenters. The third-order valence-corrected chi connectivity index (χ3v) is 7.48. The molecular weight excluding hydrogens is 412 g/mol. The lowest BCUT2D eigenvalue weighted by molar-refractivity contribution is -0.117. The summed E-state index contributed by atoms with van der Waals surface area (Å²) in [6.07, 6.45) is 0. The van der Waals surface area contributed by atoms with Crippen molar-refractivity contribution in [3.05, 3.63) is 53.1 Å². The average molecular weight is 435 g/mol. The van der Waals surface area contributed by atoms with Crippen LogP contribution < -0.4 is 5.32 Å². The number of sulfone groups is 1. The van der Waals surface area contributed by atoms with Gasteiger partial charge in [0.05, 0.1) is 40.0 Å². The highest BCUT2D eigenvalue weighted by atomic mass is 32.2. The minimum atomic E-state index is -3.28. The highest BCUT2D eigenvalue weighted by Crippen LogP contribution is 2.30. The summed E-state index contributed by atoms with van der Waals surface area (Å²) in [6, 6.07) is 9.78. The number of aromatic nitrogens is 1. The molecule has 1 aromatic heterocycles. The molecule has 1 heterocycles. The maximum atomic E-state index is 12.6. The first-order chi connectivity index (χ1) is 13.8. The van der Waals surface area contributed by atoms with Crippen molar-refractivity contribution in [3.63, 3.8) is 0 Å². The number of aliphatic hydroxyl groups excluding tert-OH is 2. The van der Waals surface area contributed by atoms with E-state index in [1.54, 1.807) is 38.1 Å². The van der Waals surface area contributed by atoms with E-state index in [9.17, 15) is 23.4 Å². The van der Waals surface area contributed by atoms with Crippen molar-refractivity contribution in [2.24, 2.45) is 0 Å². The zero-order valence-electron chi connectivity index (χ0n) is 16.0. The number of carbonyl (C=O) groups is 1. The highest BCUT2D eigenvalue weighted by Gasteiger charge is 2.19. The van der Waals surface area contributed by atoms with Gasteiger partial charge >= 0.3 is 0 Å². The molecular formula is C20H22N2O5S2. The molecule has 0 radical (unpaired) electrons. The Morgan fingerprint density at radius 2 is 1.76 bits per heavy atom. The molecule has 0 bridgehead atoms. The molecule has 3 N–H and O–H groups in total. The van der Waals surface area contributed by atoms with Crippen LogP contribution in [0.2, 0.25) is 0 Å². The number of anilines is 1. The number of nitrogens with zero attached hydrogens (tertiary/aromatic N) is 1. The Kier molecular flexibility index (Phi) is 6.33. The van der Waals surface area contributed by atoms with Gasteiger partial charge in [-0.2, -0.15) is 0 Å². The molecule has 3 aromatic rings. The normalized spacial score (nSPS) is 12.8. The van der Waals surface area contributed by atoms with Crippen molar-refractivity contribution in [1.29, 1.82) is 0 Å². The van der Waals surface area contributed by atoms with Gasteiger partial charge in [0.25, 0.3) is 0 Å². The van der Waals surface area contributed by atoms with Crippen LogP contribution in [0, 0.1) is 0 Å². The van der Waals surface area contributed by atoms with Crippen molar-refractivity contribution in [1.82, 2.24) is 4.98 Å². The average Bonchev–Trinajstić information content (AvgIpc) is 3.12. The van der Waals surface area contributed by atoms with Gasteiger partial charge in [0.1, 0.15) is 0 Å². The quantitative estimate of drug-likeness (QED) is 0.526. The SMILES string of the molecule is CCS(=O)(=O)c1ccc(C(C)C(=O)Nc2nc3cc(CO)c(CO)cc3s2)cc1. The molecule has 9 heteroatoms. The van der Waals surface area contributed by atoms with E-state index in [1.807, 2.05) is 0 Å². The number of hydrogen-bond acceptors (Lipinski definition) is 7. The van der Waals surface area contributed by atoms with Gasteiger partial charge in [0.2, 0.25) is 5.91 Å². The summed E-state index contributed by atoms with van der Waals surface area (Å²) in [5.41, 5.74) is 2.55. The van der Waals surface area contributed by atoms with E-state index < -0.39 is 15.8 Å². The third-order valence-electron chi connectivity index (χ3n) is 4.79. The van der Waals surface area contributed by atoms with E-state index in [-0.39, 0.29) is 29.8 Å². The number of thiazole rings is 1. The lowest BCUT2D eigenvalue weighted by atomic mass is 10.0. The summed E-state index contributed by atoms with van der Waals surface area (Å²) >= 11 is 1.28. The Balaban J connectivity index is 1.79. The molecule has 29 heavy (non-hydrogen) atoms. The molecule has 7 nitrogen and oxygen atoms in total. The summed E-state index contributed by atoms with van der Waals surface area (Å²) in [5, 5.41) is 22.0. The first kappa shape index (κ1) is 21.4. The van der Waals surface area contributed by atoms with Crippen LogP contribution in [-0.4, -0.2) is 35.3 Å². The second-order valence-corrected chi connectivity index (χ2v) is 9.92. The zero-order valence-corrected chi connectivity index (χ0v) is 17.7. The van der Waals surface area contributed by atoms with Crippen molar-refractivity contribution < 1.29 is 23.4 Å². The smallest absolute Gasteiger partial charge is 0.233 e. The van der Waals surface area contributed by atoms with Gasteiger partial charge in [-0.15, -0.1) is 0 Å². The van der Waals surface area contributed by atoms with Gasteiger partial charge in [0.15, 0.2) is 15.0 Å². The van der Waals surface area contributed by atoms with Gasteiger partial charge in [-0.3, -0.25) is 4.79 Å². The number of carbonyl (C=O) groups excluding carboxylic acids is 1. The largest absolute Gasteiger partial charge is 0.392 e. The topological polar surface area (TPSA) is 117 Å². The maximum absolute atomic E-state index is 12.6. The van der Waals surface area contributed by atoms with E-state index in [0.717, 1.165) is 4.70 Å². The number of amides is 1. The Bertz CT molecular complexity index is 1100. The molecule has 0 aliphatic heterocycles. The summed E-state index contributed by atoms with van der Waals surface area (Å²) in [7, 11) is -3.28. The van der Waals surface area contributed by atoms with Crippen LogP contribution in [0.1, 0.15) is 36.5 Å². The summed E-state index contributed by atoms with van der Waals surface area (Å²) < 4.78 is 24.6. The van der Waals surface area contributed by atoms with Gasteiger partial charge < -0.3 is 15.5 Å². The molecule has 2 aromatic carbocycles. The lowest BCUT2D eigenvalue weighted by Gasteiger charge is -2.11. The second kappa shape index (κ2) is 8.58. The van der Waals surface area contributed by atoms with Crippen molar-refractivity contribution in [3.8, 4) is 0 Å². The zero-order chi connectivity index (χ0) is 21.2. The van der Waals surface area contributed by atoms with E-state index in [4.69, 9.17) is 0 Å². The molecule has 0 spiro atoms. The Morgan fingerprint density at radius 1 is 1.14 bits per heavy atom. The van der Waals surface area contributed by atoms with Crippen LogP contribution in [-0.2, 0) is 27.8 Å². The first-order valence-electron chi connectivity index (χ1n) is 9.06. The molecule has 0 saturated heterocycles. The van der Waals surface area contributed by atoms with Crippen LogP contribution >= 0.6 is 11.3 Å². The molecule has 0 saturated carbocycles. The number of fused-ring (bicyclic) bond motifs is 1. The Hall–Kier alpha value is -2.33. The predicted octanol–water partition coefficient (Wildman–Crippen LogP) is 2.82. The summed E-state index contributed by atoms with van der Waals surface area (Å²) in [5.74, 6) is -0.739. The minimum absolute atomic E-state index is 0.0238. The molecule has 3 rings (SSSR count). The monoisotopic (exact) mass is 434 g/mol. The fourth-order valence-corrected chi connectivity index (χ4v) is 4.70. The van der Waals surface area contributed by atoms with E-state index in [2.05, 4.69) is 10.3 Å². The van der Waals surface area contributed by atoms with Crippen LogP contribution in [0.4, 0.5) is 5.13 Å². The number of nitrogens with one attached hydrogen (secondary N) is 1. The molecule has 0 fully saturated rings. The third kappa shape index (κ3) is 4.48. The highest BCUT2D eigenvalue weighted by molar-refractivity contribution is 7.91. The first-order valence-corrected chi connectivity index (χ1v) is 11.5. The van der Waals surface area contributed by atoms with E-state index in [0.29, 0.717) is 27.3 Å². The van der Waals surface area contributed by atoms with Gasteiger partial charge in [-0.25, -0.2) is 13.4 Å². The van der Waals surface area contributed by atoms with Crippen LogP contribution in [0.15, 0.2) is 41.3 Å². The number of aliphatic hydroxyl groups is 2. The Labute approximate surface area is 173 Å². The van der Waals surface area contributed by atoms with Gasteiger partial charge in [0, 0.05) is 0 Å². The summed E-state index contributed by atoms with van der Waals surface area (Å²) in [6.45, 7) is 2.93. The van der Waals surface area contributed by atoms with Crippen molar-refractivity contribution in [2.75, 3.05) is 11.1 Å². The molecule has 154 valence electrons. The van der Waals surface area contributed by atoms with E-state index in [1.165, 1.54) is 23.5 Å². The fraction of sp³-hybridized carbons (Fsp3) is 0.300. The van der Waals surface area contributed by atoms with Crippen molar-refractivity contribution in [2.45, 2.75) is 37.9 Å². The number of benzene rings is 2. The minimum Gasteiger partial charge on any atom is -0.392 e. The second-order valence-electron chi connectivity index (χ2n) is 6.61. The van der Waals surface area contributed by atoms with Crippen LogP contribution in [0.5, 0.6) is 0 Å². The Morgan fingerprint density at radius 3 is 2.34 bits per heavy atom. The fourth-order valence-electron chi connectivity index (χ4n) is 2.90. The summed E-state index contributed by atoms with van der Waals surface area (Å²) in [4.78, 5) is 17.3.